The molecule has 68 valence electrons. The van der Waals surface area contributed by atoms with Gasteiger partial charge >= 0.3 is 0 Å². The highest BCUT2D eigenvalue weighted by molar-refractivity contribution is 8.22. The fourth-order valence-electron chi connectivity index (χ4n) is 1.26. The van der Waals surface area contributed by atoms with Crippen molar-refractivity contribution in [3.05, 3.63) is 22.5 Å². The average Bonchev–Trinajstić information content (AvgIpc) is 2.03. The number of rotatable bonds is 2. The van der Waals surface area contributed by atoms with Crippen molar-refractivity contribution in [1.82, 2.24) is 0 Å². The predicted molar refractivity (Wildman–Crippen MR) is 58.4 cm³/mol. The Bertz CT molecular complexity index is 211. The molecule has 0 aromatic carbocycles. The molecule has 1 rings (SSSR count). The van der Waals surface area contributed by atoms with Crippen LogP contribution < -0.4 is 0 Å². The largest absolute Gasteiger partial charge is 0.388 e. The number of aliphatic hydroxyl groups excluding tert-OH is 1. The minimum absolute atomic E-state index is 0.304. The van der Waals surface area contributed by atoms with Crippen LogP contribution in [0.1, 0.15) is 13.3 Å². The van der Waals surface area contributed by atoms with Crippen LogP contribution in [0.2, 0.25) is 0 Å². The van der Waals surface area contributed by atoms with Crippen molar-refractivity contribution in [1.29, 1.82) is 0 Å². The molecule has 0 fully saturated rings. The first kappa shape index (κ1) is 10.2. The zero-order valence-corrected chi connectivity index (χ0v) is 9.04. The maximum Gasteiger partial charge on any atom is 0.0816 e. The Kier molecular flexibility index (Phi) is 3.75. The molecule has 2 unspecified atom stereocenters. The zero-order chi connectivity index (χ0) is 9.14. The van der Waals surface area contributed by atoms with E-state index < -0.39 is 0 Å². The Hall–Kier alpha value is 0.140. The summed E-state index contributed by atoms with van der Waals surface area (Å²) in [5.41, 5.74) is 1.01. The SMILES string of the molecule is C=CC1=C(SC)SC(C)CC1O. The van der Waals surface area contributed by atoms with E-state index in [1.165, 1.54) is 4.24 Å². The Morgan fingerprint density at radius 2 is 2.42 bits per heavy atom. The molecule has 0 bridgehead atoms. The Morgan fingerprint density at radius 1 is 1.75 bits per heavy atom. The van der Waals surface area contributed by atoms with Gasteiger partial charge in [-0.15, -0.1) is 23.5 Å². The molecule has 3 heteroatoms. The third-order valence-corrected chi connectivity index (χ3v) is 4.30. The van der Waals surface area contributed by atoms with Gasteiger partial charge in [-0.1, -0.05) is 19.6 Å². The molecule has 0 radical (unpaired) electrons. The van der Waals surface area contributed by atoms with Crippen LogP contribution in [-0.2, 0) is 0 Å². The van der Waals surface area contributed by atoms with Crippen LogP contribution >= 0.6 is 23.5 Å². The highest BCUT2D eigenvalue weighted by Gasteiger charge is 2.23. The average molecular weight is 202 g/mol. The fourth-order valence-corrected chi connectivity index (χ4v) is 3.59. The molecule has 0 amide bonds. The highest BCUT2D eigenvalue weighted by atomic mass is 32.2. The van der Waals surface area contributed by atoms with E-state index in [0.29, 0.717) is 5.25 Å². The Labute approximate surface area is 82.3 Å². The van der Waals surface area contributed by atoms with Gasteiger partial charge in [0.1, 0.15) is 0 Å². The third kappa shape index (κ3) is 2.09. The van der Waals surface area contributed by atoms with E-state index in [0.717, 1.165) is 12.0 Å². The van der Waals surface area contributed by atoms with Crippen LogP contribution in [-0.4, -0.2) is 22.7 Å². The van der Waals surface area contributed by atoms with Gasteiger partial charge < -0.3 is 5.11 Å². The molecular weight excluding hydrogens is 188 g/mol. The van der Waals surface area contributed by atoms with Crippen LogP contribution in [0.5, 0.6) is 0 Å². The molecule has 1 N–H and O–H groups in total. The van der Waals surface area contributed by atoms with Crippen molar-refractivity contribution in [2.75, 3.05) is 6.26 Å². The highest BCUT2D eigenvalue weighted by Crippen LogP contribution is 2.41. The van der Waals surface area contributed by atoms with E-state index >= 15 is 0 Å². The van der Waals surface area contributed by atoms with Crippen molar-refractivity contribution in [3.63, 3.8) is 0 Å². The standard InChI is InChI=1S/C9H14OS2/c1-4-7-8(10)5-6(2)12-9(7)11-3/h4,6,8,10H,1,5H2,2-3H3. The topological polar surface area (TPSA) is 20.2 Å². The number of thioether (sulfide) groups is 2. The van der Waals surface area contributed by atoms with Crippen molar-refractivity contribution in [2.24, 2.45) is 0 Å². The molecule has 0 aliphatic carbocycles. The number of hydrogen-bond donors (Lipinski definition) is 1. The van der Waals surface area contributed by atoms with E-state index in [2.05, 4.69) is 13.5 Å². The smallest absolute Gasteiger partial charge is 0.0816 e. The van der Waals surface area contributed by atoms with Gasteiger partial charge in [-0.3, -0.25) is 0 Å². The van der Waals surface area contributed by atoms with Crippen molar-refractivity contribution in [3.8, 4) is 0 Å². The number of aliphatic hydroxyl groups is 1. The van der Waals surface area contributed by atoms with E-state index in [1.807, 2.05) is 18.0 Å². The summed E-state index contributed by atoms with van der Waals surface area (Å²) in [4.78, 5) is 0. The third-order valence-electron chi connectivity index (χ3n) is 1.86. The Balaban J connectivity index is 2.89. The van der Waals surface area contributed by atoms with Gasteiger partial charge in [0.2, 0.25) is 0 Å². The summed E-state index contributed by atoms with van der Waals surface area (Å²) in [7, 11) is 0. The molecule has 1 aliphatic heterocycles. The maximum absolute atomic E-state index is 9.69. The summed E-state index contributed by atoms with van der Waals surface area (Å²) < 4.78 is 1.22. The van der Waals surface area contributed by atoms with Crippen LogP contribution in [0.3, 0.4) is 0 Å². The van der Waals surface area contributed by atoms with Gasteiger partial charge in [-0.25, -0.2) is 0 Å². The Morgan fingerprint density at radius 3 is 2.92 bits per heavy atom. The van der Waals surface area contributed by atoms with Gasteiger partial charge in [-0.2, -0.15) is 0 Å². The van der Waals surface area contributed by atoms with Crippen LogP contribution in [0.25, 0.3) is 0 Å². The normalized spacial score (nSPS) is 30.6. The van der Waals surface area contributed by atoms with Crippen molar-refractivity contribution < 1.29 is 5.11 Å². The lowest BCUT2D eigenvalue weighted by molar-refractivity contribution is 0.203. The molecule has 0 saturated heterocycles. The second kappa shape index (κ2) is 4.40. The zero-order valence-electron chi connectivity index (χ0n) is 7.41. The molecule has 1 nitrogen and oxygen atoms in total. The quantitative estimate of drug-likeness (QED) is 0.743. The minimum atomic E-state index is -0.304. The first-order valence-corrected chi connectivity index (χ1v) is 6.04. The van der Waals surface area contributed by atoms with Gasteiger partial charge in [0.25, 0.3) is 0 Å². The lowest BCUT2D eigenvalue weighted by atomic mass is 10.1. The lowest BCUT2D eigenvalue weighted by Crippen LogP contribution is -2.20. The van der Waals surface area contributed by atoms with Gasteiger partial charge in [0.15, 0.2) is 0 Å². The monoisotopic (exact) mass is 202 g/mol. The van der Waals surface area contributed by atoms with Crippen molar-refractivity contribution >= 4 is 23.5 Å². The molecule has 1 heterocycles. The second-order valence-corrected chi connectivity index (χ2v) is 5.35. The summed E-state index contributed by atoms with van der Waals surface area (Å²) in [6, 6.07) is 0. The minimum Gasteiger partial charge on any atom is -0.388 e. The molecule has 12 heavy (non-hydrogen) atoms. The van der Waals surface area contributed by atoms with Crippen LogP contribution in [0.15, 0.2) is 22.5 Å². The molecular formula is C9H14OS2. The molecule has 0 aromatic heterocycles. The molecule has 0 aromatic rings. The molecule has 2 atom stereocenters. The van der Waals surface area contributed by atoms with E-state index in [9.17, 15) is 5.11 Å². The van der Waals surface area contributed by atoms with E-state index in [1.54, 1.807) is 17.8 Å². The summed E-state index contributed by atoms with van der Waals surface area (Å²) in [5, 5.41) is 10.2. The van der Waals surface area contributed by atoms with Crippen molar-refractivity contribution in [2.45, 2.75) is 24.7 Å². The summed E-state index contributed by atoms with van der Waals surface area (Å²) in [6.07, 6.45) is 4.35. The number of hydrogen-bond acceptors (Lipinski definition) is 3. The fraction of sp³-hybridized carbons (Fsp3) is 0.556. The van der Waals surface area contributed by atoms with Gasteiger partial charge in [-0.05, 0) is 18.2 Å². The predicted octanol–water partition coefficient (Wildman–Crippen LogP) is 2.63. The van der Waals surface area contributed by atoms with Gasteiger partial charge in [0, 0.05) is 9.49 Å². The first-order chi connectivity index (χ1) is 5.69. The van der Waals surface area contributed by atoms with Gasteiger partial charge in [0.05, 0.1) is 6.10 Å². The molecule has 1 aliphatic rings. The van der Waals surface area contributed by atoms with E-state index in [-0.39, 0.29) is 6.10 Å². The van der Waals surface area contributed by atoms with E-state index in [4.69, 9.17) is 0 Å². The summed E-state index contributed by atoms with van der Waals surface area (Å²) >= 11 is 3.53. The first-order valence-electron chi connectivity index (χ1n) is 3.94. The molecule has 0 spiro atoms. The summed E-state index contributed by atoms with van der Waals surface area (Å²) in [6.45, 7) is 5.86. The lowest BCUT2D eigenvalue weighted by Gasteiger charge is -2.26. The second-order valence-electron chi connectivity index (χ2n) is 2.83. The van der Waals surface area contributed by atoms with Crippen LogP contribution in [0.4, 0.5) is 0 Å². The molecule has 0 saturated carbocycles. The van der Waals surface area contributed by atoms with Crippen LogP contribution in [0, 0.1) is 0 Å². The maximum atomic E-state index is 9.69. The summed E-state index contributed by atoms with van der Waals surface area (Å²) in [5.74, 6) is 0.